The number of hydrogen-bond acceptors (Lipinski definition) is 5. The van der Waals surface area contributed by atoms with E-state index in [1.807, 2.05) is 25.1 Å². The van der Waals surface area contributed by atoms with E-state index >= 15 is 0 Å². The number of aryl methyl sites for hydroxylation is 1. The Hall–Kier alpha value is -2.25. The molecule has 0 spiro atoms. The molecule has 1 aliphatic rings. The minimum Gasteiger partial charge on any atom is -0.495 e. The molecule has 0 aromatic heterocycles. The van der Waals surface area contributed by atoms with E-state index < -0.39 is 10.0 Å². The van der Waals surface area contributed by atoms with Gasteiger partial charge < -0.3 is 15.0 Å². The maximum absolute atomic E-state index is 12.8. The maximum atomic E-state index is 12.8. The predicted molar refractivity (Wildman–Crippen MR) is 100 cm³/mol. The van der Waals surface area contributed by atoms with Crippen LogP contribution in [0.5, 0.6) is 5.75 Å². The maximum Gasteiger partial charge on any atom is 0.261 e. The van der Waals surface area contributed by atoms with Gasteiger partial charge in [0, 0.05) is 26.2 Å². The zero-order valence-corrected chi connectivity index (χ0v) is 15.3. The second-order valence-corrected chi connectivity index (χ2v) is 7.67. The Bertz CT molecular complexity index is 846. The molecule has 2 aromatic rings. The SMILES string of the molecule is COc1ccc(S(=O)(=O)Nc2ccccc2C)cc1N1CCNCC1. The van der Waals surface area contributed by atoms with Gasteiger partial charge in [-0.05, 0) is 36.8 Å². The summed E-state index contributed by atoms with van der Waals surface area (Å²) in [6, 6.07) is 12.3. The van der Waals surface area contributed by atoms with Gasteiger partial charge in [0.05, 0.1) is 23.4 Å². The molecule has 1 saturated heterocycles. The molecule has 1 heterocycles. The van der Waals surface area contributed by atoms with E-state index in [1.165, 1.54) is 0 Å². The zero-order chi connectivity index (χ0) is 17.9. The lowest BCUT2D eigenvalue weighted by Gasteiger charge is -2.30. The van der Waals surface area contributed by atoms with E-state index in [4.69, 9.17) is 4.74 Å². The van der Waals surface area contributed by atoms with Gasteiger partial charge in [0.1, 0.15) is 5.75 Å². The summed E-state index contributed by atoms with van der Waals surface area (Å²) in [7, 11) is -2.07. The number of sulfonamides is 1. The monoisotopic (exact) mass is 361 g/mol. The van der Waals surface area contributed by atoms with Crippen molar-refractivity contribution < 1.29 is 13.2 Å². The lowest BCUT2D eigenvalue weighted by Crippen LogP contribution is -2.43. The predicted octanol–water partition coefficient (Wildman–Crippen LogP) is 2.21. The van der Waals surface area contributed by atoms with Crippen molar-refractivity contribution in [2.75, 3.05) is 42.9 Å². The number of hydrogen-bond donors (Lipinski definition) is 2. The van der Waals surface area contributed by atoms with Crippen molar-refractivity contribution in [1.29, 1.82) is 0 Å². The first kappa shape index (κ1) is 17.6. The molecule has 0 aliphatic carbocycles. The van der Waals surface area contributed by atoms with Crippen LogP contribution in [0.1, 0.15) is 5.56 Å². The second-order valence-electron chi connectivity index (χ2n) is 5.99. The fourth-order valence-corrected chi connectivity index (χ4v) is 4.03. The molecule has 3 rings (SSSR count). The van der Waals surface area contributed by atoms with E-state index in [1.54, 1.807) is 31.4 Å². The Kier molecular flexibility index (Phi) is 5.15. The number of piperazine rings is 1. The molecule has 2 aromatic carbocycles. The Labute approximate surface area is 148 Å². The number of rotatable bonds is 5. The van der Waals surface area contributed by atoms with Gasteiger partial charge in [-0.3, -0.25) is 4.72 Å². The van der Waals surface area contributed by atoms with Crippen molar-refractivity contribution >= 4 is 21.4 Å². The van der Waals surface area contributed by atoms with Crippen molar-refractivity contribution in [3.05, 3.63) is 48.0 Å². The summed E-state index contributed by atoms with van der Waals surface area (Å²) in [6.45, 7) is 5.22. The highest BCUT2D eigenvalue weighted by atomic mass is 32.2. The molecular weight excluding hydrogens is 338 g/mol. The third kappa shape index (κ3) is 3.88. The minimum absolute atomic E-state index is 0.227. The molecule has 0 bridgehead atoms. The molecule has 1 fully saturated rings. The molecule has 6 nitrogen and oxygen atoms in total. The van der Waals surface area contributed by atoms with Crippen LogP contribution in [0.3, 0.4) is 0 Å². The molecule has 0 saturated carbocycles. The molecule has 2 N–H and O–H groups in total. The van der Waals surface area contributed by atoms with Crippen LogP contribution < -0.4 is 19.7 Å². The van der Waals surface area contributed by atoms with Crippen LogP contribution in [0.2, 0.25) is 0 Å². The summed E-state index contributed by atoms with van der Waals surface area (Å²) in [6.07, 6.45) is 0. The van der Waals surface area contributed by atoms with Crippen LogP contribution in [0.25, 0.3) is 0 Å². The molecule has 1 aliphatic heterocycles. The Morgan fingerprint density at radius 2 is 1.84 bits per heavy atom. The highest BCUT2D eigenvalue weighted by molar-refractivity contribution is 7.92. The summed E-state index contributed by atoms with van der Waals surface area (Å²) in [5, 5.41) is 3.29. The van der Waals surface area contributed by atoms with E-state index in [0.717, 1.165) is 37.4 Å². The van der Waals surface area contributed by atoms with Crippen LogP contribution in [-0.2, 0) is 10.0 Å². The number of ether oxygens (including phenoxy) is 1. The van der Waals surface area contributed by atoms with Crippen LogP contribution in [0, 0.1) is 6.92 Å². The van der Waals surface area contributed by atoms with Crippen molar-refractivity contribution in [3.63, 3.8) is 0 Å². The number of methoxy groups -OCH3 is 1. The summed E-state index contributed by atoms with van der Waals surface area (Å²) in [5.41, 5.74) is 2.26. The van der Waals surface area contributed by atoms with Crippen molar-refractivity contribution in [2.24, 2.45) is 0 Å². The van der Waals surface area contributed by atoms with Gasteiger partial charge in [-0.2, -0.15) is 0 Å². The van der Waals surface area contributed by atoms with Gasteiger partial charge in [-0.25, -0.2) is 8.42 Å². The number of nitrogens with zero attached hydrogens (tertiary/aromatic N) is 1. The summed E-state index contributed by atoms with van der Waals surface area (Å²) < 4.78 is 33.7. The van der Waals surface area contributed by atoms with Crippen molar-refractivity contribution in [3.8, 4) is 5.75 Å². The standard InChI is InChI=1S/C18H23N3O3S/c1-14-5-3-4-6-16(14)20-25(22,23)15-7-8-18(24-2)17(13-15)21-11-9-19-10-12-21/h3-8,13,19-20H,9-12H2,1-2H3. The number of para-hydroxylation sites is 1. The third-order valence-corrected chi connectivity index (χ3v) is 5.67. The highest BCUT2D eigenvalue weighted by Gasteiger charge is 2.21. The van der Waals surface area contributed by atoms with Crippen LogP contribution >= 0.6 is 0 Å². The summed E-state index contributed by atoms with van der Waals surface area (Å²) in [5.74, 6) is 0.678. The Balaban J connectivity index is 1.94. The number of nitrogens with one attached hydrogen (secondary N) is 2. The first-order chi connectivity index (χ1) is 12.0. The van der Waals surface area contributed by atoms with Gasteiger partial charge in [0.2, 0.25) is 0 Å². The van der Waals surface area contributed by atoms with E-state index in [-0.39, 0.29) is 4.90 Å². The average Bonchev–Trinajstić information content (AvgIpc) is 2.63. The van der Waals surface area contributed by atoms with Crippen LogP contribution in [0.15, 0.2) is 47.4 Å². The second kappa shape index (κ2) is 7.33. The van der Waals surface area contributed by atoms with Crippen LogP contribution in [0.4, 0.5) is 11.4 Å². The molecule has 134 valence electrons. The minimum atomic E-state index is -3.67. The number of benzene rings is 2. The Morgan fingerprint density at radius 3 is 2.52 bits per heavy atom. The molecule has 0 radical (unpaired) electrons. The zero-order valence-electron chi connectivity index (χ0n) is 14.5. The summed E-state index contributed by atoms with van der Waals surface area (Å²) in [4.78, 5) is 2.37. The van der Waals surface area contributed by atoms with Crippen LogP contribution in [-0.4, -0.2) is 41.7 Å². The van der Waals surface area contributed by atoms with Gasteiger partial charge >= 0.3 is 0 Å². The van der Waals surface area contributed by atoms with Gasteiger partial charge in [-0.15, -0.1) is 0 Å². The lowest BCUT2D eigenvalue weighted by molar-refractivity contribution is 0.412. The average molecular weight is 361 g/mol. The number of anilines is 2. The quantitative estimate of drug-likeness (QED) is 0.854. The highest BCUT2D eigenvalue weighted by Crippen LogP contribution is 2.32. The lowest BCUT2D eigenvalue weighted by atomic mass is 10.2. The normalized spacial score (nSPS) is 15.0. The van der Waals surface area contributed by atoms with Gasteiger partial charge in [-0.1, -0.05) is 18.2 Å². The molecule has 0 amide bonds. The Morgan fingerprint density at radius 1 is 1.12 bits per heavy atom. The van der Waals surface area contributed by atoms with Crippen molar-refractivity contribution in [2.45, 2.75) is 11.8 Å². The first-order valence-corrected chi connectivity index (χ1v) is 9.72. The van der Waals surface area contributed by atoms with E-state index in [0.29, 0.717) is 11.4 Å². The molecule has 0 unspecified atom stereocenters. The summed E-state index contributed by atoms with van der Waals surface area (Å²) >= 11 is 0. The molecular formula is C18H23N3O3S. The smallest absolute Gasteiger partial charge is 0.261 e. The molecule has 7 heteroatoms. The van der Waals surface area contributed by atoms with Gasteiger partial charge in [0.25, 0.3) is 10.0 Å². The largest absolute Gasteiger partial charge is 0.495 e. The van der Waals surface area contributed by atoms with E-state index in [9.17, 15) is 8.42 Å². The first-order valence-electron chi connectivity index (χ1n) is 8.23. The topological polar surface area (TPSA) is 70.7 Å². The van der Waals surface area contributed by atoms with E-state index in [2.05, 4.69) is 14.9 Å². The molecule has 0 atom stereocenters. The molecule has 25 heavy (non-hydrogen) atoms. The third-order valence-electron chi connectivity index (χ3n) is 4.31. The van der Waals surface area contributed by atoms with Crippen molar-refractivity contribution in [1.82, 2.24) is 5.32 Å². The fraction of sp³-hybridized carbons (Fsp3) is 0.333. The fourth-order valence-electron chi connectivity index (χ4n) is 2.88. The van der Waals surface area contributed by atoms with Gasteiger partial charge in [0.15, 0.2) is 0 Å².